The molecule has 2 heterocycles. The summed E-state index contributed by atoms with van der Waals surface area (Å²) in [5, 5.41) is 14.0. The Morgan fingerprint density at radius 2 is 1.80 bits per heavy atom. The molecule has 0 bridgehead atoms. The molecule has 0 aliphatic rings. The highest BCUT2D eigenvalue weighted by atomic mass is 32.1. The fraction of sp³-hybridized carbons (Fsp3) is 0.100. The third-order valence-corrected chi connectivity index (χ3v) is 5.13. The van der Waals surface area contributed by atoms with Crippen LogP contribution in [0.25, 0.3) is 21.3 Å². The van der Waals surface area contributed by atoms with Crippen LogP contribution in [0.5, 0.6) is 5.75 Å². The Morgan fingerprint density at radius 1 is 1.00 bits per heavy atom. The van der Waals surface area contributed by atoms with E-state index in [2.05, 4.69) is 53.4 Å². The summed E-state index contributed by atoms with van der Waals surface area (Å²) < 4.78 is 0. The Morgan fingerprint density at radius 3 is 2.56 bits per heavy atom. The molecule has 4 nitrogen and oxygen atoms in total. The number of anilines is 2. The number of aromatic hydroxyl groups is 1. The third-order valence-electron chi connectivity index (χ3n) is 4.11. The number of aryl methyl sites for hydroxylation is 2. The minimum atomic E-state index is 0.218. The van der Waals surface area contributed by atoms with Crippen LogP contribution in [0.2, 0.25) is 0 Å². The molecule has 0 aliphatic heterocycles. The second-order valence-corrected chi connectivity index (χ2v) is 7.18. The molecule has 2 N–H and O–H groups in total. The van der Waals surface area contributed by atoms with Gasteiger partial charge in [-0.3, -0.25) is 0 Å². The van der Waals surface area contributed by atoms with Crippen molar-refractivity contribution in [1.29, 1.82) is 0 Å². The molecular weight excluding hydrogens is 330 g/mol. The zero-order valence-electron chi connectivity index (χ0n) is 13.9. The molecule has 0 atom stereocenters. The number of rotatable bonds is 3. The van der Waals surface area contributed by atoms with Crippen molar-refractivity contribution in [2.75, 3.05) is 5.32 Å². The van der Waals surface area contributed by atoms with Crippen molar-refractivity contribution < 1.29 is 5.11 Å². The molecule has 2 aromatic carbocycles. The first-order chi connectivity index (χ1) is 12.1. The Labute approximate surface area is 149 Å². The van der Waals surface area contributed by atoms with Crippen molar-refractivity contribution in [3.05, 3.63) is 65.3 Å². The highest BCUT2D eigenvalue weighted by molar-refractivity contribution is 7.19. The Hall–Kier alpha value is -2.92. The predicted octanol–water partition coefficient (Wildman–Crippen LogP) is 5.42. The summed E-state index contributed by atoms with van der Waals surface area (Å²) in [6, 6.07) is 15.5. The zero-order chi connectivity index (χ0) is 17.4. The number of fused-ring (bicyclic) bond motifs is 1. The van der Waals surface area contributed by atoms with Gasteiger partial charge in [0.2, 0.25) is 0 Å². The Kier molecular flexibility index (Phi) is 3.86. The van der Waals surface area contributed by atoms with Crippen LogP contribution in [0.15, 0.2) is 54.9 Å². The average Bonchev–Trinajstić information content (AvgIpc) is 2.93. The summed E-state index contributed by atoms with van der Waals surface area (Å²) in [4.78, 5) is 11.1. The molecule has 2 aromatic heterocycles. The van der Waals surface area contributed by atoms with Gasteiger partial charge in [0.25, 0.3) is 0 Å². The maximum absolute atomic E-state index is 9.70. The Balaban J connectivity index is 1.89. The number of hydrogen-bond acceptors (Lipinski definition) is 5. The molecule has 0 spiro atoms. The summed E-state index contributed by atoms with van der Waals surface area (Å²) in [6.07, 6.45) is 1.57. The van der Waals surface area contributed by atoms with Crippen LogP contribution in [0.3, 0.4) is 0 Å². The van der Waals surface area contributed by atoms with Crippen molar-refractivity contribution in [1.82, 2.24) is 9.97 Å². The lowest BCUT2D eigenvalue weighted by molar-refractivity contribution is 0.475. The van der Waals surface area contributed by atoms with Crippen LogP contribution < -0.4 is 5.32 Å². The maximum atomic E-state index is 9.70. The lowest BCUT2D eigenvalue weighted by Gasteiger charge is -2.09. The number of phenols is 1. The topological polar surface area (TPSA) is 58.0 Å². The van der Waals surface area contributed by atoms with Crippen LogP contribution in [0, 0.1) is 13.8 Å². The number of nitrogens with one attached hydrogen (secondary N) is 1. The van der Waals surface area contributed by atoms with Crippen LogP contribution in [-0.4, -0.2) is 15.1 Å². The van der Waals surface area contributed by atoms with E-state index in [1.807, 2.05) is 6.07 Å². The molecule has 0 radical (unpaired) electrons. The number of nitrogens with zero attached hydrogens (tertiary/aromatic N) is 2. The normalized spacial score (nSPS) is 11.0. The summed E-state index contributed by atoms with van der Waals surface area (Å²) in [6.45, 7) is 4.19. The zero-order valence-corrected chi connectivity index (χ0v) is 14.8. The second-order valence-electron chi connectivity index (χ2n) is 5.98. The van der Waals surface area contributed by atoms with Gasteiger partial charge in [0.05, 0.1) is 5.39 Å². The first-order valence-electron chi connectivity index (χ1n) is 7.99. The maximum Gasteiger partial charge on any atom is 0.143 e. The number of aromatic nitrogens is 2. The second kappa shape index (κ2) is 6.18. The van der Waals surface area contributed by atoms with E-state index in [-0.39, 0.29) is 5.75 Å². The number of thiophene rings is 1. The van der Waals surface area contributed by atoms with Gasteiger partial charge in [0.1, 0.15) is 22.7 Å². The van der Waals surface area contributed by atoms with Gasteiger partial charge in [-0.1, -0.05) is 35.9 Å². The van der Waals surface area contributed by atoms with E-state index in [4.69, 9.17) is 0 Å². The minimum Gasteiger partial charge on any atom is -0.508 e. The van der Waals surface area contributed by atoms with Crippen molar-refractivity contribution in [3.8, 4) is 16.9 Å². The summed E-state index contributed by atoms with van der Waals surface area (Å²) >= 11 is 1.67. The standard InChI is InChI=1S/C20H17N3OS/c1-12-6-8-14(9-7-12)17-13(2)25-20-18(17)19(21-11-22-20)23-15-4-3-5-16(24)10-15/h3-11,24H,1-2H3,(H,21,22,23). The number of phenolic OH excluding ortho intramolecular Hbond substituents is 1. The van der Waals surface area contributed by atoms with E-state index in [1.165, 1.54) is 10.4 Å². The number of hydrogen-bond donors (Lipinski definition) is 2. The molecule has 25 heavy (non-hydrogen) atoms. The molecule has 0 saturated carbocycles. The van der Waals surface area contributed by atoms with Gasteiger partial charge in [-0.05, 0) is 31.5 Å². The predicted molar refractivity (Wildman–Crippen MR) is 104 cm³/mol. The fourth-order valence-corrected chi connectivity index (χ4v) is 3.94. The van der Waals surface area contributed by atoms with Crippen LogP contribution in [0.4, 0.5) is 11.5 Å². The lowest BCUT2D eigenvalue weighted by Crippen LogP contribution is -1.95. The highest BCUT2D eigenvalue weighted by Gasteiger charge is 2.16. The van der Waals surface area contributed by atoms with Gasteiger partial charge >= 0.3 is 0 Å². The van der Waals surface area contributed by atoms with Crippen molar-refractivity contribution in [2.45, 2.75) is 13.8 Å². The van der Waals surface area contributed by atoms with Gasteiger partial charge < -0.3 is 10.4 Å². The monoisotopic (exact) mass is 347 g/mol. The first kappa shape index (κ1) is 15.6. The summed E-state index contributed by atoms with van der Waals surface area (Å²) in [5.74, 6) is 0.964. The molecular formula is C20H17N3OS. The van der Waals surface area contributed by atoms with Crippen LogP contribution in [-0.2, 0) is 0 Å². The molecule has 4 rings (SSSR count). The molecule has 0 unspecified atom stereocenters. The first-order valence-corrected chi connectivity index (χ1v) is 8.80. The molecule has 4 aromatic rings. The van der Waals surface area contributed by atoms with E-state index in [0.29, 0.717) is 0 Å². The highest BCUT2D eigenvalue weighted by Crippen LogP contribution is 2.41. The summed E-state index contributed by atoms with van der Waals surface area (Å²) in [7, 11) is 0. The average molecular weight is 347 g/mol. The number of benzene rings is 2. The molecule has 124 valence electrons. The smallest absolute Gasteiger partial charge is 0.143 e. The molecule has 0 aliphatic carbocycles. The van der Waals surface area contributed by atoms with E-state index in [1.54, 1.807) is 35.9 Å². The minimum absolute atomic E-state index is 0.218. The Bertz CT molecular complexity index is 1050. The van der Waals surface area contributed by atoms with Gasteiger partial charge in [0.15, 0.2) is 0 Å². The van der Waals surface area contributed by atoms with Crippen LogP contribution >= 0.6 is 11.3 Å². The lowest BCUT2D eigenvalue weighted by atomic mass is 10.0. The molecule has 0 saturated heterocycles. The van der Waals surface area contributed by atoms with E-state index in [0.717, 1.165) is 32.8 Å². The van der Waals surface area contributed by atoms with Gasteiger partial charge in [-0.15, -0.1) is 11.3 Å². The molecule has 0 fully saturated rings. The third kappa shape index (κ3) is 2.94. The van der Waals surface area contributed by atoms with Crippen molar-refractivity contribution >= 4 is 33.1 Å². The fourth-order valence-electron chi connectivity index (χ4n) is 2.93. The quantitative estimate of drug-likeness (QED) is 0.519. The molecule has 5 heteroatoms. The van der Waals surface area contributed by atoms with Crippen molar-refractivity contribution in [3.63, 3.8) is 0 Å². The van der Waals surface area contributed by atoms with E-state index >= 15 is 0 Å². The largest absolute Gasteiger partial charge is 0.508 e. The van der Waals surface area contributed by atoms with E-state index in [9.17, 15) is 5.11 Å². The van der Waals surface area contributed by atoms with Crippen LogP contribution in [0.1, 0.15) is 10.4 Å². The molecule has 0 amide bonds. The van der Waals surface area contributed by atoms with Crippen molar-refractivity contribution in [2.24, 2.45) is 0 Å². The van der Waals surface area contributed by atoms with Gasteiger partial charge in [-0.25, -0.2) is 9.97 Å². The van der Waals surface area contributed by atoms with Gasteiger partial charge in [0, 0.05) is 22.2 Å². The SMILES string of the molecule is Cc1ccc(-c2c(C)sc3ncnc(Nc4cccc(O)c4)c23)cc1. The van der Waals surface area contributed by atoms with Gasteiger partial charge in [-0.2, -0.15) is 0 Å². The summed E-state index contributed by atoms with van der Waals surface area (Å²) in [5.41, 5.74) is 4.33. The van der Waals surface area contributed by atoms with E-state index < -0.39 is 0 Å².